The van der Waals surface area contributed by atoms with Gasteiger partial charge in [0.1, 0.15) is 11.6 Å². The number of carbonyl (C=O) groups is 2. The monoisotopic (exact) mass is 348 g/mol. The Morgan fingerprint density at radius 3 is 2.40 bits per heavy atom. The SMILES string of the molecule is O=C(NC1CN(C(=O)C2(c3ccc(F)cc3F)CCCC2)C1)C1CC1. The molecule has 1 aromatic carbocycles. The molecule has 4 nitrogen and oxygen atoms in total. The van der Waals surface area contributed by atoms with Crippen LogP contribution in [0.2, 0.25) is 0 Å². The van der Waals surface area contributed by atoms with Crippen LogP contribution in [0, 0.1) is 17.6 Å². The summed E-state index contributed by atoms with van der Waals surface area (Å²) in [5.74, 6) is -1.13. The first-order chi connectivity index (χ1) is 12.0. The zero-order chi connectivity index (χ0) is 17.6. The fourth-order valence-corrected chi connectivity index (χ4v) is 4.16. The summed E-state index contributed by atoms with van der Waals surface area (Å²) in [6.07, 6.45) is 4.80. The summed E-state index contributed by atoms with van der Waals surface area (Å²) >= 11 is 0. The number of carbonyl (C=O) groups excluding carboxylic acids is 2. The van der Waals surface area contributed by atoms with E-state index in [0.717, 1.165) is 31.7 Å². The minimum Gasteiger partial charge on any atom is -0.350 e. The topological polar surface area (TPSA) is 49.4 Å². The zero-order valence-corrected chi connectivity index (χ0v) is 14.1. The summed E-state index contributed by atoms with van der Waals surface area (Å²) in [5, 5.41) is 2.97. The predicted molar refractivity (Wildman–Crippen MR) is 87.7 cm³/mol. The van der Waals surface area contributed by atoms with Gasteiger partial charge in [-0.25, -0.2) is 8.78 Å². The van der Waals surface area contributed by atoms with E-state index in [1.807, 2.05) is 0 Å². The van der Waals surface area contributed by atoms with Crippen molar-refractivity contribution in [2.75, 3.05) is 13.1 Å². The molecule has 0 aromatic heterocycles. The first-order valence-corrected chi connectivity index (χ1v) is 9.05. The molecule has 1 heterocycles. The number of halogens is 2. The fourth-order valence-electron chi connectivity index (χ4n) is 4.16. The highest BCUT2D eigenvalue weighted by molar-refractivity contribution is 5.90. The van der Waals surface area contributed by atoms with Crippen molar-refractivity contribution in [3.63, 3.8) is 0 Å². The highest BCUT2D eigenvalue weighted by atomic mass is 19.1. The third kappa shape index (κ3) is 2.92. The summed E-state index contributed by atoms with van der Waals surface area (Å²) in [4.78, 5) is 26.6. The van der Waals surface area contributed by atoms with E-state index in [4.69, 9.17) is 0 Å². The maximum Gasteiger partial charge on any atom is 0.233 e. The van der Waals surface area contributed by atoms with Gasteiger partial charge in [-0.3, -0.25) is 9.59 Å². The van der Waals surface area contributed by atoms with Crippen LogP contribution >= 0.6 is 0 Å². The second kappa shape index (κ2) is 6.07. The number of nitrogens with zero attached hydrogens (tertiary/aromatic N) is 1. The van der Waals surface area contributed by atoms with Gasteiger partial charge in [-0.1, -0.05) is 18.9 Å². The third-order valence-electron chi connectivity index (χ3n) is 5.78. The Bertz CT molecular complexity index is 705. The molecular formula is C19H22F2N2O2. The van der Waals surface area contributed by atoms with E-state index in [2.05, 4.69) is 5.32 Å². The van der Waals surface area contributed by atoms with Crippen molar-refractivity contribution in [1.82, 2.24) is 10.2 Å². The smallest absolute Gasteiger partial charge is 0.233 e. The third-order valence-corrected chi connectivity index (χ3v) is 5.78. The van der Waals surface area contributed by atoms with Crippen molar-refractivity contribution in [3.8, 4) is 0 Å². The Morgan fingerprint density at radius 1 is 1.12 bits per heavy atom. The van der Waals surface area contributed by atoms with Crippen molar-refractivity contribution >= 4 is 11.8 Å². The average molecular weight is 348 g/mol. The van der Waals surface area contributed by atoms with Gasteiger partial charge in [0, 0.05) is 30.6 Å². The van der Waals surface area contributed by atoms with Crippen molar-refractivity contribution < 1.29 is 18.4 Å². The minimum absolute atomic E-state index is 0.00596. The fraction of sp³-hybridized carbons (Fsp3) is 0.579. The molecule has 0 radical (unpaired) electrons. The molecule has 3 aliphatic rings. The van der Waals surface area contributed by atoms with Crippen LogP contribution in [0.3, 0.4) is 0 Å². The molecule has 1 saturated heterocycles. The van der Waals surface area contributed by atoms with E-state index in [0.29, 0.717) is 31.5 Å². The van der Waals surface area contributed by atoms with Gasteiger partial charge in [0.15, 0.2) is 0 Å². The first-order valence-electron chi connectivity index (χ1n) is 9.05. The van der Waals surface area contributed by atoms with Crippen LogP contribution in [-0.4, -0.2) is 35.8 Å². The molecule has 134 valence electrons. The van der Waals surface area contributed by atoms with E-state index in [1.165, 1.54) is 12.1 Å². The van der Waals surface area contributed by atoms with Crippen molar-refractivity contribution in [1.29, 1.82) is 0 Å². The van der Waals surface area contributed by atoms with Crippen molar-refractivity contribution in [2.45, 2.75) is 50.0 Å². The molecule has 1 aliphatic heterocycles. The second-order valence-corrected chi connectivity index (χ2v) is 7.60. The van der Waals surface area contributed by atoms with E-state index >= 15 is 0 Å². The van der Waals surface area contributed by atoms with Gasteiger partial charge in [0.05, 0.1) is 11.5 Å². The summed E-state index contributed by atoms with van der Waals surface area (Å²) < 4.78 is 27.6. The number of nitrogens with one attached hydrogen (secondary N) is 1. The summed E-state index contributed by atoms with van der Waals surface area (Å²) in [7, 11) is 0. The van der Waals surface area contributed by atoms with Gasteiger partial charge in [-0.15, -0.1) is 0 Å². The normalized spacial score (nSPS) is 22.6. The van der Waals surface area contributed by atoms with Crippen LogP contribution in [0.4, 0.5) is 8.78 Å². The lowest BCUT2D eigenvalue weighted by atomic mass is 9.76. The molecular weight excluding hydrogens is 326 g/mol. The Morgan fingerprint density at radius 2 is 1.80 bits per heavy atom. The largest absolute Gasteiger partial charge is 0.350 e. The van der Waals surface area contributed by atoms with Crippen LogP contribution in [0.5, 0.6) is 0 Å². The summed E-state index contributed by atoms with van der Waals surface area (Å²) in [6.45, 7) is 0.948. The van der Waals surface area contributed by atoms with Gasteiger partial charge in [0.2, 0.25) is 11.8 Å². The van der Waals surface area contributed by atoms with Crippen LogP contribution < -0.4 is 5.32 Å². The van der Waals surface area contributed by atoms with Gasteiger partial charge < -0.3 is 10.2 Å². The molecule has 0 spiro atoms. The maximum absolute atomic E-state index is 14.4. The first kappa shape index (κ1) is 16.5. The van der Waals surface area contributed by atoms with E-state index in [1.54, 1.807) is 4.90 Å². The molecule has 0 atom stereocenters. The summed E-state index contributed by atoms with van der Waals surface area (Å²) in [5.41, 5.74) is -0.578. The standard InChI is InChI=1S/C19H22F2N2O2/c20-13-5-6-15(16(21)9-13)19(7-1-2-8-19)18(25)23-10-14(11-23)22-17(24)12-3-4-12/h5-6,9,12,14H,1-4,7-8,10-11H2,(H,22,24). The lowest BCUT2D eigenvalue weighted by Crippen LogP contribution is -2.64. The predicted octanol–water partition coefficient (Wildman–Crippen LogP) is 2.51. The van der Waals surface area contributed by atoms with E-state index in [-0.39, 0.29) is 23.8 Å². The maximum atomic E-state index is 14.4. The number of rotatable bonds is 4. The molecule has 4 rings (SSSR count). The van der Waals surface area contributed by atoms with Gasteiger partial charge in [0.25, 0.3) is 0 Å². The minimum atomic E-state index is -0.886. The number of benzene rings is 1. The van der Waals surface area contributed by atoms with Crippen LogP contribution in [0.15, 0.2) is 18.2 Å². The number of likely N-dealkylation sites (tertiary alicyclic amines) is 1. The number of amides is 2. The van der Waals surface area contributed by atoms with Gasteiger partial charge in [-0.05, 0) is 31.7 Å². The van der Waals surface area contributed by atoms with Crippen LogP contribution in [0.1, 0.15) is 44.1 Å². The molecule has 3 fully saturated rings. The molecule has 1 aromatic rings. The Hall–Kier alpha value is -1.98. The molecule has 1 N–H and O–H groups in total. The van der Waals surface area contributed by atoms with Crippen LogP contribution in [0.25, 0.3) is 0 Å². The highest BCUT2D eigenvalue weighted by Crippen LogP contribution is 2.44. The van der Waals surface area contributed by atoms with E-state index < -0.39 is 17.0 Å². The Kier molecular flexibility index (Phi) is 4.01. The molecule has 25 heavy (non-hydrogen) atoms. The summed E-state index contributed by atoms with van der Waals surface area (Å²) in [6, 6.07) is 3.49. The second-order valence-electron chi connectivity index (χ2n) is 7.60. The lowest BCUT2D eigenvalue weighted by molar-refractivity contribution is -0.144. The Balaban J connectivity index is 1.48. The zero-order valence-electron chi connectivity index (χ0n) is 14.1. The van der Waals surface area contributed by atoms with Crippen LogP contribution in [-0.2, 0) is 15.0 Å². The van der Waals surface area contributed by atoms with Gasteiger partial charge in [-0.2, -0.15) is 0 Å². The molecule has 0 unspecified atom stereocenters. The lowest BCUT2D eigenvalue weighted by Gasteiger charge is -2.44. The number of hydrogen-bond donors (Lipinski definition) is 1. The molecule has 2 amide bonds. The highest BCUT2D eigenvalue weighted by Gasteiger charge is 2.49. The molecule has 0 bridgehead atoms. The van der Waals surface area contributed by atoms with E-state index in [9.17, 15) is 18.4 Å². The average Bonchev–Trinajstić information content (AvgIpc) is 3.28. The Labute approximate surface area is 145 Å². The van der Waals surface area contributed by atoms with Crippen molar-refractivity contribution in [2.24, 2.45) is 5.92 Å². The molecule has 2 saturated carbocycles. The molecule has 2 aliphatic carbocycles. The number of hydrogen-bond acceptors (Lipinski definition) is 2. The van der Waals surface area contributed by atoms with Crippen molar-refractivity contribution in [3.05, 3.63) is 35.4 Å². The quantitative estimate of drug-likeness (QED) is 0.909. The van der Waals surface area contributed by atoms with Gasteiger partial charge >= 0.3 is 0 Å². The molecule has 6 heteroatoms.